The Morgan fingerprint density at radius 3 is 2.48 bits per heavy atom. The molecule has 7 heteroatoms. The topological polar surface area (TPSA) is 75.8 Å². The number of nitro groups is 1. The molecular weight excluding hydrogens is 314 g/mol. The summed E-state index contributed by atoms with van der Waals surface area (Å²) >= 11 is 1.44. The Balaban J connectivity index is 1.70. The maximum absolute atomic E-state index is 12.0. The van der Waals surface area contributed by atoms with Crippen LogP contribution in [0.3, 0.4) is 0 Å². The molecule has 116 valence electrons. The Morgan fingerprint density at radius 2 is 1.83 bits per heavy atom. The first kappa shape index (κ1) is 15.2. The molecule has 3 rings (SSSR count). The van der Waals surface area contributed by atoms with Crippen molar-refractivity contribution in [3.63, 3.8) is 0 Å². The van der Waals surface area contributed by atoms with E-state index in [2.05, 4.69) is 4.99 Å². The summed E-state index contributed by atoms with van der Waals surface area (Å²) in [6, 6.07) is 15.8. The predicted octanol–water partition coefficient (Wildman–Crippen LogP) is 3.23. The van der Waals surface area contributed by atoms with Gasteiger partial charge in [0.05, 0.1) is 10.6 Å². The minimum absolute atomic E-state index is 0.0533. The average Bonchev–Trinajstić information content (AvgIpc) is 2.95. The second-order valence-electron chi connectivity index (χ2n) is 4.88. The highest BCUT2D eigenvalue weighted by atomic mass is 32.2. The van der Waals surface area contributed by atoms with Crippen LogP contribution in [0.25, 0.3) is 0 Å². The summed E-state index contributed by atoms with van der Waals surface area (Å²) in [4.78, 5) is 28.2. The van der Waals surface area contributed by atoms with Gasteiger partial charge in [-0.05, 0) is 17.7 Å². The maximum Gasteiger partial charge on any atom is 0.269 e. The Kier molecular flexibility index (Phi) is 4.38. The fraction of sp³-hybridized carbons (Fsp3) is 0.125. The Hall–Kier alpha value is -2.67. The number of carbonyl (C=O) groups excluding carboxylic acids is 1. The van der Waals surface area contributed by atoms with Gasteiger partial charge in [0, 0.05) is 17.9 Å². The molecule has 1 aliphatic rings. The number of amidine groups is 1. The fourth-order valence-corrected chi connectivity index (χ4v) is 3.17. The van der Waals surface area contributed by atoms with Crippen LogP contribution in [-0.2, 0) is 10.5 Å². The van der Waals surface area contributed by atoms with Gasteiger partial charge in [-0.3, -0.25) is 24.8 Å². The van der Waals surface area contributed by atoms with Crippen molar-refractivity contribution in [1.29, 1.82) is 0 Å². The Labute approximate surface area is 137 Å². The molecule has 1 heterocycles. The van der Waals surface area contributed by atoms with E-state index in [4.69, 9.17) is 0 Å². The lowest BCUT2D eigenvalue weighted by molar-refractivity contribution is -0.384. The number of hydrogen-bond acceptors (Lipinski definition) is 5. The van der Waals surface area contributed by atoms with E-state index in [1.165, 1.54) is 23.9 Å². The number of nitrogens with zero attached hydrogens (tertiary/aromatic N) is 3. The van der Waals surface area contributed by atoms with Gasteiger partial charge in [-0.2, -0.15) is 0 Å². The number of nitro benzene ring substituents is 1. The second kappa shape index (κ2) is 6.62. The van der Waals surface area contributed by atoms with Gasteiger partial charge < -0.3 is 0 Å². The Morgan fingerprint density at radius 1 is 1.13 bits per heavy atom. The van der Waals surface area contributed by atoms with Gasteiger partial charge in [-0.25, -0.2) is 0 Å². The minimum Gasteiger partial charge on any atom is -0.272 e. The van der Waals surface area contributed by atoms with E-state index in [1.54, 1.807) is 17.0 Å². The third-order valence-electron chi connectivity index (χ3n) is 3.32. The second-order valence-corrected chi connectivity index (χ2v) is 5.82. The molecule has 1 amide bonds. The normalized spacial score (nSPS) is 14.0. The number of amides is 1. The summed E-state index contributed by atoms with van der Waals surface area (Å²) in [6.07, 6.45) is 0. The molecule has 1 aliphatic heterocycles. The van der Waals surface area contributed by atoms with Crippen LogP contribution in [0, 0.1) is 10.1 Å². The zero-order valence-corrected chi connectivity index (χ0v) is 12.9. The summed E-state index contributed by atoms with van der Waals surface area (Å²) in [5, 5.41) is 11.3. The minimum atomic E-state index is -0.423. The smallest absolute Gasteiger partial charge is 0.269 e. The van der Waals surface area contributed by atoms with Gasteiger partial charge in [-0.15, -0.1) is 0 Å². The highest BCUT2D eigenvalue weighted by Gasteiger charge is 2.27. The highest BCUT2D eigenvalue weighted by molar-refractivity contribution is 8.13. The van der Waals surface area contributed by atoms with Crippen LogP contribution in [0.5, 0.6) is 0 Å². The van der Waals surface area contributed by atoms with Gasteiger partial charge in [0.2, 0.25) is 0 Å². The summed E-state index contributed by atoms with van der Waals surface area (Å²) in [5.41, 5.74) is 1.80. The van der Waals surface area contributed by atoms with Gasteiger partial charge in [-0.1, -0.05) is 42.1 Å². The lowest BCUT2D eigenvalue weighted by Crippen LogP contribution is -2.30. The van der Waals surface area contributed by atoms with Crippen LogP contribution in [0.1, 0.15) is 5.56 Å². The van der Waals surface area contributed by atoms with E-state index in [9.17, 15) is 14.9 Å². The van der Waals surface area contributed by atoms with E-state index in [0.29, 0.717) is 10.9 Å². The standard InChI is InChI=1S/C16H13N3O3S/c20-15-10-17-16(18(15)13-4-2-1-3-5-13)23-11-12-6-8-14(9-7-12)19(21)22/h1-9H,10-11H2. The van der Waals surface area contributed by atoms with E-state index in [1.807, 2.05) is 30.3 Å². The van der Waals surface area contributed by atoms with Gasteiger partial charge >= 0.3 is 0 Å². The molecule has 0 aromatic heterocycles. The summed E-state index contributed by atoms with van der Waals surface area (Å²) < 4.78 is 0. The van der Waals surface area contributed by atoms with Crippen LogP contribution in [-0.4, -0.2) is 22.5 Å². The lowest BCUT2D eigenvalue weighted by atomic mass is 10.2. The molecular formula is C16H13N3O3S. The Bertz CT molecular complexity index is 760. The fourth-order valence-electron chi connectivity index (χ4n) is 2.19. The summed E-state index contributed by atoms with van der Waals surface area (Å²) in [5.74, 6) is 0.537. The van der Waals surface area contributed by atoms with Crippen molar-refractivity contribution in [2.45, 2.75) is 5.75 Å². The number of para-hydroxylation sites is 1. The van der Waals surface area contributed by atoms with Crippen LogP contribution in [0.2, 0.25) is 0 Å². The molecule has 0 saturated carbocycles. The van der Waals surface area contributed by atoms with E-state index >= 15 is 0 Å². The first-order valence-electron chi connectivity index (χ1n) is 6.94. The number of hydrogen-bond donors (Lipinski definition) is 0. The maximum atomic E-state index is 12.0. The van der Waals surface area contributed by atoms with Gasteiger partial charge in [0.25, 0.3) is 11.6 Å². The van der Waals surface area contributed by atoms with Crippen molar-refractivity contribution in [3.05, 3.63) is 70.3 Å². The first-order valence-corrected chi connectivity index (χ1v) is 7.92. The number of benzene rings is 2. The molecule has 2 aromatic rings. The molecule has 2 aromatic carbocycles. The van der Waals surface area contributed by atoms with E-state index in [-0.39, 0.29) is 18.1 Å². The number of rotatable bonds is 4. The molecule has 0 N–H and O–H groups in total. The first-order chi connectivity index (χ1) is 11.1. The SMILES string of the molecule is O=C1CN=C(SCc2ccc([N+](=O)[O-])cc2)N1c1ccccc1. The van der Waals surface area contributed by atoms with Crippen LogP contribution in [0.15, 0.2) is 59.6 Å². The zero-order chi connectivity index (χ0) is 16.2. The predicted molar refractivity (Wildman–Crippen MR) is 90.6 cm³/mol. The number of thioether (sulfide) groups is 1. The van der Waals surface area contributed by atoms with Crippen LogP contribution >= 0.6 is 11.8 Å². The quantitative estimate of drug-likeness (QED) is 0.638. The van der Waals surface area contributed by atoms with Gasteiger partial charge in [0.1, 0.15) is 6.54 Å². The van der Waals surface area contributed by atoms with Crippen molar-refractivity contribution >= 4 is 34.2 Å². The van der Waals surface area contributed by atoms with E-state index < -0.39 is 4.92 Å². The molecule has 0 bridgehead atoms. The number of non-ortho nitro benzene ring substituents is 1. The van der Waals surface area contributed by atoms with Crippen molar-refractivity contribution in [2.24, 2.45) is 4.99 Å². The van der Waals surface area contributed by atoms with Crippen molar-refractivity contribution in [2.75, 3.05) is 11.4 Å². The van der Waals surface area contributed by atoms with Crippen molar-refractivity contribution in [3.8, 4) is 0 Å². The molecule has 0 atom stereocenters. The lowest BCUT2D eigenvalue weighted by Gasteiger charge is -2.17. The molecule has 6 nitrogen and oxygen atoms in total. The molecule has 0 saturated heterocycles. The molecule has 23 heavy (non-hydrogen) atoms. The molecule has 0 spiro atoms. The largest absolute Gasteiger partial charge is 0.272 e. The molecule has 0 fully saturated rings. The van der Waals surface area contributed by atoms with Crippen molar-refractivity contribution in [1.82, 2.24) is 0 Å². The van der Waals surface area contributed by atoms with Crippen molar-refractivity contribution < 1.29 is 9.72 Å². The highest BCUT2D eigenvalue weighted by Crippen LogP contribution is 2.26. The number of anilines is 1. The van der Waals surface area contributed by atoms with Crippen LogP contribution < -0.4 is 4.90 Å². The number of aliphatic imine (C=N–C) groups is 1. The molecule has 0 radical (unpaired) electrons. The summed E-state index contributed by atoms with van der Waals surface area (Å²) in [6.45, 7) is 0.150. The molecule has 0 unspecified atom stereocenters. The third-order valence-corrected chi connectivity index (χ3v) is 4.37. The molecule has 0 aliphatic carbocycles. The monoisotopic (exact) mass is 327 g/mol. The van der Waals surface area contributed by atoms with Gasteiger partial charge in [0.15, 0.2) is 5.17 Å². The van der Waals surface area contributed by atoms with Crippen LogP contribution in [0.4, 0.5) is 11.4 Å². The summed E-state index contributed by atoms with van der Waals surface area (Å²) in [7, 11) is 0. The van der Waals surface area contributed by atoms with E-state index in [0.717, 1.165) is 11.3 Å². The third kappa shape index (κ3) is 3.40. The zero-order valence-electron chi connectivity index (χ0n) is 12.1. The average molecular weight is 327 g/mol. The number of carbonyl (C=O) groups is 1.